The first-order chi connectivity index (χ1) is 9.15. The number of hydrogen-bond donors (Lipinski definition) is 1. The number of anilines is 1. The molecule has 1 N–H and O–H groups in total. The molecular weight excluding hydrogens is 240 g/mol. The Morgan fingerprint density at radius 1 is 1.37 bits per heavy atom. The molecule has 5 nitrogen and oxygen atoms in total. The highest BCUT2D eigenvalue weighted by molar-refractivity contribution is 5.58. The van der Waals surface area contributed by atoms with Crippen molar-refractivity contribution in [3.63, 3.8) is 0 Å². The van der Waals surface area contributed by atoms with E-state index in [1.807, 2.05) is 13.1 Å². The van der Waals surface area contributed by atoms with Gasteiger partial charge in [-0.1, -0.05) is 12.1 Å². The van der Waals surface area contributed by atoms with E-state index in [1.54, 1.807) is 4.68 Å². The summed E-state index contributed by atoms with van der Waals surface area (Å²) < 4.78 is 1.70. The smallest absolute Gasteiger partial charge is 0.138 e. The van der Waals surface area contributed by atoms with Crippen LogP contribution in [-0.4, -0.2) is 33.5 Å². The molecule has 1 aromatic carbocycles. The zero-order valence-electron chi connectivity index (χ0n) is 11.2. The van der Waals surface area contributed by atoms with Gasteiger partial charge in [-0.25, -0.2) is 4.98 Å². The molecule has 5 heteroatoms. The summed E-state index contributed by atoms with van der Waals surface area (Å²) in [6.45, 7) is 1.05. The summed E-state index contributed by atoms with van der Waals surface area (Å²) in [5, 5.41) is 14.3. The summed E-state index contributed by atoms with van der Waals surface area (Å²) >= 11 is 0. The molecule has 19 heavy (non-hydrogen) atoms. The monoisotopic (exact) mass is 258 g/mol. The minimum atomic E-state index is -0.529. The topological polar surface area (TPSA) is 54.2 Å². The number of aryl methyl sites for hydroxylation is 1. The molecule has 2 aromatic rings. The second-order valence-corrected chi connectivity index (χ2v) is 5.08. The molecule has 0 spiro atoms. The number of hydrogen-bond acceptors (Lipinski definition) is 4. The molecule has 1 unspecified atom stereocenters. The lowest BCUT2D eigenvalue weighted by Gasteiger charge is -2.14. The van der Waals surface area contributed by atoms with Gasteiger partial charge in [-0.05, 0) is 23.6 Å². The molecule has 1 aromatic heterocycles. The van der Waals surface area contributed by atoms with Gasteiger partial charge in [0.25, 0.3) is 0 Å². The third kappa shape index (κ3) is 2.21. The molecule has 1 atom stereocenters. The Morgan fingerprint density at radius 2 is 2.21 bits per heavy atom. The number of likely N-dealkylation sites (N-methyl/N-ethyl adjacent to an activating group) is 1. The average molecular weight is 258 g/mol. The van der Waals surface area contributed by atoms with Crippen LogP contribution in [0.3, 0.4) is 0 Å². The van der Waals surface area contributed by atoms with Crippen molar-refractivity contribution in [3.8, 4) is 0 Å². The van der Waals surface area contributed by atoms with Crippen molar-refractivity contribution in [1.29, 1.82) is 0 Å². The molecule has 0 bridgehead atoms. The SMILES string of the molecule is CN1CCc2cc(C(O)Cc3ncnn3C)ccc21. The maximum absolute atomic E-state index is 10.3. The minimum absolute atomic E-state index is 0.491. The van der Waals surface area contributed by atoms with Gasteiger partial charge in [0.15, 0.2) is 0 Å². The van der Waals surface area contributed by atoms with Crippen LogP contribution in [-0.2, 0) is 19.9 Å². The average Bonchev–Trinajstić information content (AvgIpc) is 2.97. The molecule has 0 aliphatic carbocycles. The Morgan fingerprint density at radius 3 is 2.95 bits per heavy atom. The van der Waals surface area contributed by atoms with Gasteiger partial charge < -0.3 is 10.0 Å². The molecule has 0 radical (unpaired) electrons. The molecule has 0 fully saturated rings. The molecule has 0 amide bonds. The summed E-state index contributed by atoms with van der Waals surface area (Å²) in [4.78, 5) is 6.39. The summed E-state index contributed by atoms with van der Waals surface area (Å²) in [5.41, 5.74) is 3.55. The number of aromatic nitrogens is 3. The number of aliphatic hydroxyl groups is 1. The van der Waals surface area contributed by atoms with E-state index in [1.165, 1.54) is 17.6 Å². The van der Waals surface area contributed by atoms with Crippen molar-refractivity contribution < 1.29 is 5.11 Å². The fourth-order valence-electron chi connectivity index (χ4n) is 2.59. The number of benzene rings is 1. The number of nitrogens with zero attached hydrogens (tertiary/aromatic N) is 4. The van der Waals surface area contributed by atoms with Crippen molar-refractivity contribution in [3.05, 3.63) is 41.5 Å². The predicted molar refractivity (Wildman–Crippen MR) is 73.1 cm³/mol. The van der Waals surface area contributed by atoms with Gasteiger partial charge in [0, 0.05) is 32.7 Å². The standard InChI is InChI=1S/C14H18N4O/c1-17-6-5-10-7-11(3-4-12(10)17)13(19)8-14-15-9-16-18(14)2/h3-4,7,9,13,19H,5-6,8H2,1-2H3. The molecule has 100 valence electrons. The van der Waals surface area contributed by atoms with Crippen molar-refractivity contribution >= 4 is 5.69 Å². The summed E-state index contributed by atoms with van der Waals surface area (Å²) in [6, 6.07) is 6.21. The van der Waals surface area contributed by atoms with Crippen LogP contribution < -0.4 is 4.90 Å². The maximum Gasteiger partial charge on any atom is 0.138 e. The van der Waals surface area contributed by atoms with Gasteiger partial charge in [0.05, 0.1) is 6.10 Å². The summed E-state index contributed by atoms with van der Waals surface area (Å²) in [6.07, 6.45) is 2.53. The first-order valence-corrected chi connectivity index (χ1v) is 6.50. The Kier molecular flexibility index (Phi) is 2.98. The van der Waals surface area contributed by atoms with E-state index < -0.39 is 6.10 Å². The minimum Gasteiger partial charge on any atom is -0.388 e. The molecule has 0 saturated heterocycles. The zero-order valence-corrected chi connectivity index (χ0v) is 11.2. The van der Waals surface area contributed by atoms with E-state index in [0.717, 1.165) is 24.4 Å². The van der Waals surface area contributed by atoms with Crippen LogP contribution in [0.25, 0.3) is 0 Å². The molecule has 0 saturated carbocycles. The van der Waals surface area contributed by atoms with E-state index >= 15 is 0 Å². The molecule has 3 rings (SSSR count). The van der Waals surface area contributed by atoms with Crippen LogP contribution in [0.5, 0.6) is 0 Å². The lowest BCUT2D eigenvalue weighted by molar-refractivity contribution is 0.174. The lowest BCUT2D eigenvalue weighted by atomic mass is 10.0. The van der Waals surface area contributed by atoms with Gasteiger partial charge in [-0.15, -0.1) is 0 Å². The normalized spacial score (nSPS) is 15.6. The highest BCUT2D eigenvalue weighted by Gasteiger charge is 2.18. The third-order valence-corrected chi connectivity index (χ3v) is 3.80. The number of fused-ring (bicyclic) bond motifs is 1. The molecular formula is C14H18N4O. The van der Waals surface area contributed by atoms with Crippen LogP contribution in [0.4, 0.5) is 5.69 Å². The van der Waals surface area contributed by atoms with E-state index in [9.17, 15) is 5.11 Å². The van der Waals surface area contributed by atoms with E-state index in [0.29, 0.717) is 6.42 Å². The van der Waals surface area contributed by atoms with E-state index in [-0.39, 0.29) is 0 Å². The van der Waals surface area contributed by atoms with Crippen molar-refractivity contribution in [2.45, 2.75) is 18.9 Å². The summed E-state index contributed by atoms with van der Waals surface area (Å²) in [7, 11) is 3.94. The molecule has 1 aliphatic heterocycles. The number of rotatable bonds is 3. The Bertz CT molecular complexity index is 593. The molecule has 1 aliphatic rings. The largest absolute Gasteiger partial charge is 0.388 e. The predicted octanol–water partition coefficient (Wildman–Crippen LogP) is 1.08. The highest BCUT2D eigenvalue weighted by Crippen LogP contribution is 2.30. The quantitative estimate of drug-likeness (QED) is 0.895. The van der Waals surface area contributed by atoms with Gasteiger partial charge in [0.1, 0.15) is 12.2 Å². The highest BCUT2D eigenvalue weighted by atomic mass is 16.3. The van der Waals surface area contributed by atoms with Gasteiger partial charge in [-0.3, -0.25) is 4.68 Å². The Hall–Kier alpha value is -1.88. The van der Waals surface area contributed by atoms with Crippen LogP contribution in [0.15, 0.2) is 24.5 Å². The van der Waals surface area contributed by atoms with Crippen molar-refractivity contribution in [2.24, 2.45) is 7.05 Å². The van der Waals surface area contributed by atoms with Crippen LogP contribution in [0.2, 0.25) is 0 Å². The first kappa shape index (κ1) is 12.2. The fraction of sp³-hybridized carbons (Fsp3) is 0.429. The molecule has 2 heterocycles. The van der Waals surface area contributed by atoms with Gasteiger partial charge in [-0.2, -0.15) is 5.10 Å². The second kappa shape index (κ2) is 4.66. The second-order valence-electron chi connectivity index (χ2n) is 5.08. The third-order valence-electron chi connectivity index (χ3n) is 3.80. The lowest BCUT2D eigenvalue weighted by Crippen LogP contribution is -2.12. The van der Waals surface area contributed by atoms with Crippen molar-refractivity contribution in [2.75, 3.05) is 18.5 Å². The van der Waals surface area contributed by atoms with Gasteiger partial charge >= 0.3 is 0 Å². The fourth-order valence-corrected chi connectivity index (χ4v) is 2.59. The Balaban J connectivity index is 1.81. The van der Waals surface area contributed by atoms with Gasteiger partial charge in [0.2, 0.25) is 0 Å². The van der Waals surface area contributed by atoms with Crippen molar-refractivity contribution in [1.82, 2.24) is 14.8 Å². The Labute approximate surface area is 112 Å². The van der Waals surface area contributed by atoms with E-state index in [4.69, 9.17) is 0 Å². The maximum atomic E-state index is 10.3. The van der Waals surface area contributed by atoms with Crippen LogP contribution in [0.1, 0.15) is 23.1 Å². The van der Waals surface area contributed by atoms with Crippen LogP contribution in [0, 0.1) is 0 Å². The van der Waals surface area contributed by atoms with Crippen LogP contribution >= 0.6 is 0 Å². The first-order valence-electron chi connectivity index (χ1n) is 6.50. The zero-order chi connectivity index (χ0) is 13.4. The number of aliphatic hydroxyl groups excluding tert-OH is 1. The summed E-state index contributed by atoms with van der Waals surface area (Å²) in [5.74, 6) is 0.796. The van der Waals surface area contributed by atoms with E-state index in [2.05, 4.69) is 34.2 Å².